The fourth-order valence-corrected chi connectivity index (χ4v) is 1.86. The third kappa shape index (κ3) is 3.06. The maximum Gasteiger partial charge on any atom is 0.232 e. The fourth-order valence-electron chi connectivity index (χ4n) is 1.86. The van der Waals surface area contributed by atoms with Gasteiger partial charge in [0.1, 0.15) is 5.75 Å². The molecule has 1 heterocycles. The van der Waals surface area contributed by atoms with E-state index in [1.807, 2.05) is 24.3 Å². The summed E-state index contributed by atoms with van der Waals surface area (Å²) >= 11 is 0. The molecule has 2 N–H and O–H groups in total. The van der Waals surface area contributed by atoms with Crippen LogP contribution in [0.25, 0.3) is 0 Å². The Balaban J connectivity index is 2.14. The minimum absolute atomic E-state index is 0.0632. The van der Waals surface area contributed by atoms with E-state index in [0.717, 1.165) is 5.69 Å². The zero-order chi connectivity index (χ0) is 14.5. The first-order chi connectivity index (χ1) is 9.61. The molecule has 1 aromatic heterocycles. The van der Waals surface area contributed by atoms with Crippen LogP contribution in [0.15, 0.2) is 42.6 Å². The number of methoxy groups -OCH3 is 1. The van der Waals surface area contributed by atoms with Gasteiger partial charge in [-0.3, -0.25) is 9.78 Å². The van der Waals surface area contributed by atoms with Crippen molar-refractivity contribution in [1.29, 1.82) is 0 Å². The smallest absolute Gasteiger partial charge is 0.232 e. The molecule has 0 bridgehead atoms. The van der Waals surface area contributed by atoms with Crippen molar-refractivity contribution >= 4 is 17.3 Å². The summed E-state index contributed by atoms with van der Waals surface area (Å²) in [5, 5.41) is 0. The van der Waals surface area contributed by atoms with Gasteiger partial charge < -0.3 is 15.4 Å². The van der Waals surface area contributed by atoms with E-state index in [9.17, 15) is 4.79 Å². The van der Waals surface area contributed by atoms with Crippen LogP contribution in [0.1, 0.15) is 5.69 Å². The summed E-state index contributed by atoms with van der Waals surface area (Å²) in [6, 6.07) is 10.9. The topological polar surface area (TPSA) is 68.5 Å². The average Bonchev–Trinajstić information content (AvgIpc) is 2.48. The molecule has 2 aromatic rings. The first kappa shape index (κ1) is 13.9. The standard InChI is InChI=1S/C15H17N3O2/c1-18(13-5-3-4-6-14(13)20-2)15(19)9-12-8-7-11(16)10-17-12/h3-8,10H,9,16H2,1-2H3. The largest absolute Gasteiger partial charge is 0.495 e. The van der Waals surface area contributed by atoms with Gasteiger partial charge in [-0.1, -0.05) is 12.1 Å². The molecule has 0 saturated heterocycles. The number of carbonyl (C=O) groups excluding carboxylic acids is 1. The van der Waals surface area contributed by atoms with Gasteiger partial charge in [-0.15, -0.1) is 0 Å². The van der Waals surface area contributed by atoms with E-state index in [2.05, 4.69) is 4.98 Å². The Bertz CT molecular complexity index is 596. The third-order valence-electron chi connectivity index (χ3n) is 3.00. The number of nitrogens with zero attached hydrogens (tertiary/aromatic N) is 2. The van der Waals surface area contributed by atoms with Crippen molar-refractivity contribution in [2.45, 2.75) is 6.42 Å². The number of pyridine rings is 1. The number of hydrogen-bond donors (Lipinski definition) is 1. The SMILES string of the molecule is COc1ccccc1N(C)C(=O)Cc1ccc(N)cn1. The highest BCUT2D eigenvalue weighted by Gasteiger charge is 2.15. The van der Waals surface area contributed by atoms with Crippen LogP contribution in [-0.2, 0) is 11.2 Å². The predicted molar refractivity (Wildman–Crippen MR) is 78.8 cm³/mol. The lowest BCUT2D eigenvalue weighted by Crippen LogP contribution is -2.28. The molecule has 5 heteroatoms. The van der Waals surface area contributed by atoms with Crippen LogP contribution in [0, 0.1) is 0 Å². The quantitative estimate of drug-likeness (QED) is 0.921. The van der Waals surface area contributed by atoms with Crippen molar-refractivity contribution in [1.82, 2.24) is 4.98 Å². The Kier molecular flexibility index (Phi) is 4.20. The minimum atomic E-state index is -0.0632. The van der Waals surface area contributed by atoms with Crippen LogP contribution in [0.3, 0.4) is 0 Å². The molecule has 0 unspecified atom stereocenters. The number of hydrogen-bond acceptors (Lipinski definition) is 4. The molecule has 1 amide bonds. The van der Waals surface area contributed by atoms with Gasteiger partial charge in [0.15, 0.2) is 0 Å². The summed E-state index contributed by atoms with van der Waals surface area (Å²) in [6.45, 7) is 0. The number of amides is 1. The molecule has 0 atom stereocenters. The number of benzene rings is 1. The molecule has 20 heavy (non-hydrogen) atoms. The summed E-state index contributed by atoms with van der Waals surface area (Å²) in [5.41, 5.74) is 7.57. The molecule has 104 valence electrons. The molecule has 0 aliphatic carbocycles. The maximum absolute atomic E-state index is 12.3. The zero-order valence-corrected chi connectivity index (χ0v) is 11.5. The van der Waals surface area contributed by atoms with Gasteiger partial charge in [-0.25, -0.2) is 0 Å². The molecule has 1 aromatic carbocycles. The Hall–Kier alpha value is -2.56. The number of para-hydroxylation sites is 2. The number of ether oxygens (including phenoxy) is 1. The Morgan fingerprint density at radius 2 is 2.05 bits per heavy atom. The molecule has 2 rings (SSSR count). The van der Waals surface area contributed by atoms with Crippen LogP contribution in [0.4, 0.5) is 11.4 Å². The number of aromatic nitrogens is 1. The minimum Gasteiger partial charge on any atom is -0.495 e. The monoisotopic (exact) mass is 271 g/mol. The van der Waals surface area contributed by atoms with Gasteiger partial charge in [0.2, 0.25) is 5.91 Å². The highest BCUT2D eigenvalue weighted by atomic mass is 16.5. The lowest BCUT2D eigenvalue weighted by atomic mass is 10.2. The molecular formula is C15H17N3O2. The Morgan fingerprint density at radius 1 is 1.30 bits per heavy atom. The number of carbonyl (C=O) groups is 1. The van der Waals surface area contributed by atoms with Crippen molar-refractivity contribution in [2.75, 3.05) is 24.8 Å². The van der Waals surface area contributed by atoms with Crippen molar-refractivity contribution in [2.24, 2.45) is 0 Å². The van der Waals surface area contributed by atoms with Gasteiger partial charge in [-0.2, -0.15) is 0 Å². The van der Waals surface area contributed by atoms with Crippen LogP contribution in [0.2, 0.25) is 0 Å². The van der Waals surface area contributed by atoms with Gasteiger partial charge in [-0.05, 0) is 24.3 Å². The second-order valence-electron chi connectivity index (χ2n) is 4.38. The van der Waals surface area contributed by atoms with E-state index >= 15 is 0 Å². The van der Waals surface area contributed by atoms with Gasteiger partial charge in [0, 0.05) is 12.7 Å². The first-order valence-corrected chi connectivity index (χ1v) is 6.22. The molecule has 0 fully saturated rings. The fraction of sp³-hybridized carbons (Fsp3) is 0.200. The summed E-state index contributed by atoms with van der Waals surface area (Å²) < 4.78 is 5.26. The lowest BCUT2D eigenvalue weighted by molar-refractivity contribution is -0.117. The highest BCUT2D eigenvalue weighted by Crippen LogP contribution is 2.26. The van der Waals surface area contributed by atoms with Crippen LogP contribution < -0.4 is 15.4 Å². The number of likely N-dealkylation sites (N-methyl/N-ethyl adjacent to an activating group) is 1. The van der Waals surface area contributed by atoms with E-state index < -0.39 is 0 Å². The van der Waals surface area contributed by atoms with E-state index in [-0.39, 0.29) is 12.3 Å². The van der Waals surface area contributed by atoms with Crippen molar-refractivity contribution < 1.29 is 9.53 Å². The van der Waals surface area contributed by atoms with Crippen LogP contribution in [0.5, 0.6) is 5.75 Å². The first-order valence-electron chi connectivity index (χ1n) is 6.22. The number of rotatable bonds is 4. The lowest BCUT2D eigenvalue weighted by Gasteiger charge is -2.19. The molecule has 0 spiro atoms. The van der Waals surface area contributed by atoms with Crippen LogP contribution >= 0.6 is 0 Å². The van der Waals surface area contributed by atoms with Crippen molar-refractivity contribution in [3.63, 3.8) is 0 Å². The third-order valence-corrected chi connectivity index (χ3v) is 3.00. The van der Waals surface area contributed by atoms with E-state index in [1.165, 1.54) is 0 Å². The van der Waals surface area contributed by atoms with Gasteiger partial charge in [0.05, 0.1) is 31.1 Å². The van der Waals surface area contributed by atoms with Crippen LogP contribution in [-0.4, -0.2) is 25.0 Å². The van der Waals surface area contributed by atoms with Crippen molar-refractivity contribution in [3.8, 4) is 5.75 Å². The molecule has 0 saturated carbocycles. The van der Waals surface area contributed by atoms with Gasteiger partial charge >= 0.3 is 0 Å². The number of anilines is 2. The Morgan fingerprint density at radius 3 is 2.70 bits per heavy atom. The summed E-state index contributed by atoms with van der Waals surface area (Å²) in [7, 11) is 3.30. The predicted octanol–water partition coefficient (Wildman–Crippen LogP) is 1.88. The van der Waals surface area contributed by atoms with E-state index in [1.54, 1.807) is 37.4 Å². The van der Waals surface area contributed by atoms with E-state index in [0.29, 0.717) is 17.1 Å². The summed E-state index contributed by atoms with van der Waals surface area (Å²) in [5.74, 6) is 0.598. The highest BCUT2D eigenvalue weighted by molar-refractivity contribution is 5.95. The van der Waals surface area contributed by atoms with Gasteiger partial charge in [0.25, 0.3) is 0 Å². The van der Waals surface area contributed by atoms with Crippen molar-refractivity contribution in [3.05, 3.63) is 48.3 Å². The maximum atomic E-state index is 12.3. The normalized spacial score (nSPS) is 10.1. The molecular weight excluding hydrogens is 254 g/mol. The average molecular weight is 271 g/mol. The summed E-state index contributed by atoms with van der Waals surface area (Å²) in [6.07, 6.45) is 1.76. The molecule has 0 aliphatic heterocycles. The number of nitrogens with two attached hydrogens (primary N) is 1. The number of nitrogen functional groups attached to an aromatic ring is 1. The van der Waals surface area contributed by atoms with E-state index in [4.69, 9.17) is 10.5 Å². The second-order valence-corrected chi connectivity index (χ2v) is 4.38. The summed E-state index contributed by atoms with van der Waals surface area (Å²) in [4.78, 5) is 18.0. The Labute approximate surface area is 118 Å². The second kappa shape index (κ2) is 6.06. The zero-order valence-electron chi connectivity index (χ0n) is 11.5. The molecule has 0 aliphatic rings. The molecule has 5 nitrogen and oxygen atoms in total. The molecule has 0 radical (unpaired) electrons.